The number of nitrogens with one attached hydrogen (secondary N) is 1. The fraction of sp³-hybridized carbons (Fsp3) is 0.650. The van der Waals surface area contributed by atoms with Crippen molar-refractivity contribution in [3.05, 3.63) is 30.3 Å². The predicted molar refractivity (Wildman–Crippen MR) is 109 cm³/mol. The van der Waals surface area contributed by atoms with Gasteiger partial charge in [-0.05, 0) is 36.6 Å². The van der Waals surface area contributed by atoms with Crippen LogP contribution in [0.3, 0.4) is 0 Å². The highest BCUT2D eigenvalue weighted by molar-refractivity contribution is 7.99. The molecular formula is C20H31N3O2S. The molecule has 1 amide bonds. The molecule has 0 spiro atoms. The average molecular weight is 378 g/mol. The van der Waals surface area contributed by atoms with Gasteiger partial charge in [0.2, 0.25) is 5.91 Å². The minimum Gasteiger partial charge on any atom is -0.383 e. The summed E-state index contributed by atoms with van der Waals surface area (Å²) < 4.78 is 5.22. The van der Waals surface area contributed by atoms with Crippen molar-refractivity contribution in [1.29, 1.82) is 0 Å². The van der Waals surface area contributed by atoms with Crippen LogP contribution in [0.5, 0.6) is 0 Å². The van der Waals surface area contributed by atoms with Crippen molar-refractivity contribution < 1.29 is 9.53 Å². The largest absolute Gasteiger partial charge is 0.383 e. The molecule has 2 aliphatic rings. The van der Waals surface area contributed by atoms with Gasteiger partial charge in [0.25, 0.3) is 0 Å². The number of benzene rings is 1. The fourth-order valence-electron chi connectivity index (χ4n) is 3.78. The number of para-hydroxylation sites is 1. The number of methoxy groups -OCH3 is 1. The maximum atomic E-state index is 12.5. The van der Waals surface area contributed by atoms with E-state index in [0.717, 1.165) is 38.4 Å². The van der Waals surface area contributed by atoms with E-state index in [1.807, 2.05) is 11.8 Å². The van der Waals surface area contributed by atoms with E-state index in [-0.39, 0.29) is 5.91 Å². The second kappa shape index (κ2) is 10.2. The minimum absolute atomic E-state index is 0.149. The molecule has 0 unspecified atom stereocenters. The van der Waals surface area contributed by atoms with Crippen LogP contribution in [0.2, 0.25) is 0 Å². The predicted octanol–water partition coefficient (Wildman–Crippen LogP) is 2.08. The first kappa shape index (κ1) is 19.5. The van der Waals surface area contributed by atoms with Crippen molar-refractivity contribution in [2.45, 2.75) is 18.9 Å². The molecule has 0 saturated carbocycles. The Bertz CT molecular complexity index is 551. The Kier molecular flexibility index (Phi) is 7.65. The van der Waals surface area contributed by atoms with Crippen molar-refractivity contribution in [3.63, 3.8) is 0 Å². The number of nitrogens with zero attached hydrogens (tertiary/aromatic N) is 2. The first-order chi connectivity index (χ1) is 12.8. The van der Waals surface area contributed by atoms with Crippen molar-refractivity contribution in [2.75, 3.05) is 62.8 Å². The maximum absolute atomic E-state index is 12.5. The van der Waals surface area contributed by atoms with E-state index in [0.29, 0.717) is 25.1 Å². The smallest absolute Gasteiger partial charge is 0.234 e. The number of rotatable bonds is 9. The molecular weight excluding hydrogens is 346 g/mol. The zero-order valence-electron chi connectivity index (χ0n) is 15.7. The number of carbonyl (C=O) groups is 1. The number of carbonyl (C=O) groups excluding carboxylic acids is 1. The van der Waals surface area contributed by atoms with Crippen molar-refractivity contribution in [3.8, 4) is 0 Å². The summed E-state index contributed by atoms with van der Waals surface area (Å²) in [4.78, 5) is 17.2. The molecule has 2 saturated heterocycles. The number of anilines is 1. The number of amides is 1. The molecule has 1 N–H and O–H groups in total. The third kappa shape index (κ3) is 5.63. The van der Waals surface area contributed by atoms with Crippen LogP contribution in [0, 0.1) is 5.92 Å². The molecule has 1 aromatic carbocycles. The molecule has 144 valence electrons. The van der Waals surface area contributed by atoms with Gasteiger partial charge in [-0.15, -0.1) is 0 Å². The molecule has 0 aromatic heterocycles. The molecule has 0 aliphatic carbocycles. The zero-order valence-corrected chi connectivity index (χ0v) is 16.5. The van der Waals surface area contributed by atoms with E-state index in [9.17, 15) is 4.79 Å². The molecule has 2 aliphatic heterocycles. The van der Waals surface area contributed by atoms with E-state index < -0.39 is 0 Å². The highest BCUT2D eigenvalue weighted by Gasteiger charge is 2.26. The van der Waals surface area contributed by atoms with Gasteiger partial charge < -0.3 is 15.0 Å². The molecule has 2 fully saturated rings. The lowest BCUT2D eigenvalue weighted by atomic mass is 10.1. The topological polar surface area (TPSA) is 44.8 Å². The SMILES string of the molecule is COCCN(CC(=O)NC[C@@H]1CCN(c2ccccc2)C1)[C@@H]1CCSC1. The Morgan fingerprint density at radius 1 is 1.35 bits per heavy atom. The van der Waals surface area contributed by atoms with Gasteiger partial charge in [-0.25, -0.2) is 0 Å². The lowest BCUT2D eigenvalue weighted by Crippen LogP contribution is -2.45. The van der Waals surface area contributed by atoms with Gasteiger partial charge in [-0.1, -0.05) is 18.2 Å². The molecule has 3 rings (SSSR count). The molecule has 2 heterocycles. The summed E-state index contributed by atoms with van der Waals surface area (Å²) in [7, 11) is 1.72. The molecule has 0 bridgehead atoms. The summed E-state index contributed by atoms with van der Waals surface area (Å²) in [6.45, 7) is 4.88. The van der Waals surface area contributed by atoms with E-state index in [1.165, 1.54) is 17.9 Å². The normalized spacial score (nSPS) is 22.9. The van der Waals surface area contributed by atoms with Crippen LogP contribution >= 0.6 is 11.8 Å². The minimum atomic E-state index is 0.149. The lowest BCUT2D eigenvalue weighted by Gasteiger charge is -2.27. The van der Waals surface area contributed by atoms with E-state index >= 15 is 0 Å². The number of ether oxygens (including phenoxy) is 1. The van der Waals surface area contributed by atoms with Crippen LogP contribution in [-0.4, -0.2) is 74.8 Å². The van der Waals surface area contributed by atoms with E-state index in [1.54, 1.807) is 7.11 Å². The second-order valence-electron chi connectivity index (χ2n) is 7.22. The Balaban J connectivity index is 1.41. The summed E-state index contributed by atoms with van der Waals surface area (Å²) >= 11 is 1.98. The van der Waals surface area contributed by atoms with E-state index in [4.69, 9.17) is 4.74 Å². The summed E-state index contributed by atoms with van der Waals surface area (Å²) in [5, 5.41) is 3.17. The van der Waals surface area contributed by atoms with Crippen molar-refractivity contribution >= 4 is 23.4 Å². The third-order valence-corrected chi connectivity index (χ3v) is 6.49. The van der Waals surface area contributed by atoms with Gasteiger partial charge in [0.1, 0.15) is 0 Å². The standard InChI is InChI=1S/C20H31N3O2S/c1-25-11-10-23(19-8-12-26-16-19)15-20(24)21-13-17-7-9-22(14-17)18-5-3-2-4-6-18/h2-6,17,19H,7-16H2,1H3,(H,21,24)/t17-,19+/m0/s1. The summed E-state index contributed by atoms with van der Waals surface area (Å²) in [6, 6.07) is 11.1. The van der Waals surface area contributed by atoms with Crippen LogP contribution < -0.4 is 10.2 Å². The van der Waals surface area contributed by atoms with Crippen LogP contribution in [0.4, 0.5) is 5.69 Å². The van der Waals surface area contributed by atoms with Gasteiger partial charge >= 0.3 is 0 Å². The molecule has 2 atom stereocenters. The van der Waals surface area contributed by atoms with Gasteiger partial charge in [0, 0.05) is 50.8 Å². The summed E-state index contributed by atoms with van der Waals surface area (Å²) in [5.41, 5.74) is 1.28. The average Bonchev–Trinajstić information content (AvgIpc) is 3.36. The second-order valence-corrected chi connectivity index (χ2v) is 8.37. The maximum Gasteiger partial charge on any atom is 0.234 e. The van der Waals surface area contributed by atoms with Crippen molar-refractivity contribution in [2.24, 2.45) is 5.92 Å². The molecule has 0 radical (unpaired) electrons. The molecule has 6 heteroatoms. The summed E-state index contributed by atoms with van der Waals surface area (Å²) in [6.07, 6.45) is 2.32. The Morgan fingerprint density at radius 2 is 2.19 bits per heavy atom. The number of hydrogen-bond acceptors (Lipinski definition) is 5. The highest BCUT2D eigenvalue weighted by atomic mass is 32.2. The van der Waals surface area contributed by atoms with Gasteiger partial charge in [0.15, 0.2) is 0 Å². The van der Waals surface area contributed by atoms with Gasteiger partial charge in [0.05, 0.1) is 13.2 Å². The Morgan fingerprint density at radius 3 is 2.92 bits per heavy atom. The Hall–Kier alpha value is -1.24. The van der Waals surface area contributed by atoms with Crippen LogP contribution in [0.1, 0.15) is 12.8 Å². The first-order valence-electron chi connectivity index (χ1n) is 9.63. The van der Waals surface area contributed by atoms with Gasteiger partial charge in [-0.3, -0.25) is 9.69 Å². The summed E-state index contributed by atoms with van der Waals surface area (Å²) in [5.74, 6) is 3.02. The molecule has 26 heavy (non-hydrogen) atoms. The third-order valence-electron chi connectivity index (χ3n) is 5.35. The molecule has 5 nitrogen and oxygen atoms in total. The first-order valence-corrected chi connectivity index (χ1v) is 10.8. The fourth-order valence-corrected chi connectivity index (χ4v) is 5.04. The molecule has 1 aromatic rings. The van der Waals surface area contributed by atoms with Crippen LogP contribution in [0.25, 0.3) is 0 Å². The monoisotopic (exact) mass is 377 g/mol. The zero-order chi connectivity index (χ0) is 18.2. The number of hydrogen-bond donors (Lipinski definition) is 1. The quantitative estimate of drug-likeness (QED) is 0.714. The van der Waals surface area contributed by atoms with Gasteiger partial charge in [-0.2, -0.15) is 11.8 Å². The van der Waals surface area contributed by atoms with Crippen molar-refractivity contribution in [1.82, 2.24) is 10.2 Å². The lowest BCUT2D eigenvalue weighted by molar-refractivity contribution is -0.123. The van der Waals surface area contributed by atoms with E-state index in [2.05, 4.69) is 45.4 Å². The Labute approximate surface area is 161 Å². The highest BCUT2D eigenvalue weighted by Crippen LogP contribution is 2.23. The van der Waals surface area contributed by atoms with Crippen LogP contribution in [0.15, 0.2) is 30.3 Å². The number of thioether (sulfide) groups is 1. The van der Waals surface area contributed by atoms with Crippen LogP contribution in [-0.2, 0) is 9.53 Å².